The maximum absolute atomic E-state index is 12.3. The third kappa shape index (κ3) is 4.18. The Hall–Kier alpha value is -2.18. The average molecular weight is 335 g/mol. The first-order valence-electron chi connectivity index (χ1n) is 7.30. The van der Waals surface area contributed by atoms with E-state index in [1.165, 1.54) is 6.20 Å². The van der Waals surface area contributed by atoms with E-state index < -0.39 is 5.54 Å². The van der Waals surface area contributed by atoms with Crippen molar-refractivity contribution in [3.05, 3.63) is 42.9 Å². The third-order valence-corrected chi connectivity index (χ3v) is 3.80. The fourth-order valence-electron chi connectivity index (χ4n) is 2.58. The summed E-state index contributed by atoms with van der Waals surface area (Å²) in [5.74, 6) is 0.842. The summed E-state index contributed by atoms with van der Waals surface area (Å²) in [6, 6.07) is 7.14. The summed E-state index contributed by atoms with van der Waals surface area (Å²) in [5.41, 5.74) is 6.06. The number of benzene rings is 1. The molecule has 1 saturated carbocycles. The van der Waals surface area contributed by atoms with E-state index in [-0.39, 0.29) is 18.3 Å². The molecule has 23 heavy (non-hydrogen) atoms. The van der Waals surface area contributed by atoms with Crippen LogP contribution < -0.4 is 15.8 Å². The Kier molecular flexibility index (Phi) is 5.52. The molecular formula is C16H19ClN4O2. The first-order valence-corrected chi connectivity index (χ1v) is 7.30. The summed E-state index contributed by atoms with van der Waals surface area (Å²) < 4.78 is 5.60. The van der Waals surface area contributed by atoms with Gasteiger partial charge >= 0.3 is 0 Å². The van der Waals surface area contributed by atoms with Crippen molar-refractivity contribution in [3.8, 4) is 11.6 Å². The monoisotopic (exact) mass is 334 g/mol. The van der Waals surface area contributed by atoms with Crippen LogP contribution in [0.1, 0.15) is 25.7 Å². The Bertz CT molecular complexity index is 660. The van der Waals surface area contributed by atoms with Gasteiger partial charge in [0.25, 0.3) is 0 Å². The quantitative estimate of drug-likeness (QED) is 0.897. The molecule has 1 aliphatic carbocycles. The number of rotatable bonds is 4. The van der Waals surface area contributed by atoms with E-state index in [9.17, 15) is 4.79 Å². The van der Waals surface area contributed by atoms with Gasteiger partial charge in [-0.2, -0.15) is 0 Å². The molecule has 0 radical (unpaired) electrons. The van der Waals surface area contributed by atoms with Gasteiger partial charge in [-0.1, -0.05) is 18.9 Å². The second kappa shape index (κ2) is 7.39. The number of carbonyl (C=O) groups excluding carboxylic acids is 1. The van der Waals surface area contributed by atoms with Crippen molar-refractivity contribution >= 4 is 24.0 Å². The zero-order valence-corrected chi connectivity index (χ0v) is 13.4. The number of nitrogens with zero attached hydrogens (tertiary/aromatic N) is 2. The van der Waals surface area contributed by atoms with Crippen molar-refractivity contribution in [2.75, 3.05) is 5.32 Å². The summed E-state index contributed by atoms with van der Waals surface area (Å²) >= 11 is 0. The molecule has 1 aromatic heterocycles. The van der Waals surface area contributed by atoms with E-state index in [1.807, 2.05) is 0 Å². The Morgan fingerprint density at radius 2 is 2.04 bits per heavy atom. The summed E-state index contributed by atoms with van der Waals surface area (Å²) in [5, 5.41) is 2.87. The van der Waals surface area contributed by atoms with Crippen LogP contribution in [0.25, 0.3) is 0 Å². The minimum Gasteiger partial charge on any atom is -0.437 e. The van der Waals surface area contributed by atoms with Gasteiger partial charge in [0.15, 0.2) is 0 Å². The summed E-state index contributed by atoms with van der Waals surface area (Å²) in [7, 11) is 0. The predicted octanol–water partition coefficient (Wildman–Crippen LogP) is 2.90. The van der Waals surface area contributed by atoms with E-state index in [0.717, 1.165) is 25.7 Å². The highest BCUT2D eigenvalue weighted by molar-refractivity contribution is 5.98. The van der Waals surface area contributed by atoms with Gasteiger partial charge in [-0.3, -0.25) is 9.78 Å². The largest absolute Gasteiger partial charge is 0.437 e. The van der Waals surface area contributed by atoms with Crippen LogP contribution in [0.2, 0.25) is 0 Å². The van der Waals surface area contributed by atoms with Crippen LogP contribution in [0.15, 0.2) is 42.9 Å². The lowest BCUT2D eigenvalue weighted by molar-refractivity contribution is -0.121. The van der Waals surface area contributed by atoms with E-state index in [2.05, 4.69) is 15.3 Å². The highest BCUT2D eigenvalue weighted by Gasteiger charge is 2.36. The lowest BCUT2D eigenvalue weighted by Crippen LogP contribution is -2.48. The molecular weight excluding hydrogens is 316 g/mol. The van der Waals surface area contributed by atoms with Crippen LogP contribution in [0.5, 0.6) is 11.6 Å². The molecule has 122 valence electrons. The molecule has 1 fully saturated rings. The first kappa shape index (κ1) is 17.2. The number of aromatic nitrogens is 2. The molecule has 0 aliphatic heterocycles. The lowest BCUT2D eigenvalue weighted by atomic mass is 9.98. The van der Waals surface area contributed by atoms with Crippen molar-refractivity contribution in [2.45, 2.75) is 31.2 Å². The van der Waals surface area contributed by atoms with Gasteiger partial charge in [0.1, 0.15) is 5.75 Å². The minimum absolute atomic E-state index is 0. The molecule has 0 saturated heterocycles. The molecule has 1 amide bonds. The molecule has 2 aromatic rings. The van der Waals surface area contributed by atoms with E-state index in [0.29, 0.717) is 17.3 Å². The molecule has 7 heteroatoms. The van der Waals surface area contributed by atoms with Gasteiger partial charge in [-0.25, -0.2) is 4.98 Å². The molecule has 0 spiro atoms. The molecule has 0 bridgehead atoms. The number of ether oxygens (including phenoxy) is 1. The van der Waals surface area contributed by atoms with Crippen molar-refractivity contribution < 1.29 is 9.53 Å². The highest BCUT2D eigenvalue weighted by Crippen LogP contribution is 2.29. The second-order valence-corrected chi connectivity index (χ2v) is 5.49. The maximum Gasteiger partial charge on any atom is 0.244 e. The zero-order chi connectivity index (χ0) is 15.4. The van der Waals surface area contributed by atoms with Crippen molar-refractivity contribution in [3.63, 3.8) is 0 Å². The number of amides is 1. The van der Waals surface area contributed by atoms with E-state index >= 15 is 0 Å². The van der Waals surface area contributed by atoms with Gasteiger partial charge < -0.3 is 15.8 Å². The molecule has 3 rings (SSSR count). The topological polar surface area (TPSA) is 90.1 Å². The fraction of sp³-hybridized carbons (Fsp3) is 0.312. The lowest BCUT2D eigenvalue weighted by Gasteiger charge is -2.22. The first-order chi connectivity index (χ1) is 10.7. The van der Waals surface area contributed by atoms with Crippen LogP contribution in [-0.4, -0.2) is 21.4 Å². The predicted molar refractivity (Wildman–Crippen MR) is 89.8 cm³/mol. The molecule has 3 N–H and O–H groups in total. The highest BCUT2D eigenvalue weighted by atomic mass is 35.5. The second-order valence-electron chi connectivity index (χ2n) is 5.49. The van der Waals surface area contributed by atoms with Gasteiger partial charge in [-0.15, -0.1) is 12.4 Å². The number of nitrogens with two attached hydrogens (primary N) is 1. The molecule has 1 aliphatic rings. The third-order valence-electron chi connectivity index (χ3n) is 3.80. The molecule has 1 heterocycles. The summed E-state index contributed by atoms with van der Waals surface area (Å²) in [4.78, 5) is 20.3. The van der Waals surface area contributed by atoms with Crippen LogP contribution in [0, 0.1) is 0 Å². The molecule has 1 aromatic carbocycles. The summed E-state index contributed by atoms with van der Waals surface area (Å²) in [6.07, 6.45) is 8.12. The Morgan fingerprint density at radius 1 is 1.26 bits per heavy atom. The van der Waals surface area contributed by atoms with Crippen molar-refractivity contribution in [1.82, 2.24) is 9.97 Å². The van der Waals surface area contributed by atoms with Gasteiger partial charge in [0.05, 0.1) is 11.7 Å². The minimum atomic E-state index is -0.748. The Morgan fingerprint density at radius 3 is 2.74 bits per heavy atom. The number of carbonyl (C=O) groups is 1. The molecule has 0 unspecified atom stereocenters. The van der Waals surface area contributed by atoms with Crippen LogP contribution >= 0.6 is 12.4 Å². The van der Waals surface area contributed by atoms with Crippen LogP contribution in [0.3, 0.4) is 0 Å². The number of hydrogen-bond acceptors (Lipinski definition) is 5. The smallest absolute Gasteiger partial charge is 0.244 e. The Balaban J connectivity index is 0.00000192. The number of anilines is 1. The van der Waals surface area contributed by atoms with E-state index in [1.54, 1.807) is 36.7 Å². The van der Waals surface area contributed by atoms with Gasteiger partial charge in [0.2, 0.25) is 11.8 Å². The summed E-state index contributed by atoms with van der Waals surface area (Å²) in [6.45, 7) is 0. The normalized spacial score (nSPS) is 15.5. The van der Waals surface area contributed by atoms with Crippen molar-refractivity contribution in [1.29, 1.82) is 0 Å². The van der Waals surface area contributed by atoms with Gasteiger partial charge in [0, 0.05) is 24.1 Å². The average Bonchev–Trinajstić information content (AvgIpc) is 2.97. The number of nitrogens with one attached hydrogen (secondary N) is 1. The van der Waals surface area contributed by atoms with E-state index in [4.69, 9.17) is 10.5 Å². The van der Waals surface area contributed by atoms with Crippen molar-refractivity contribution in [2.24, 2.45) is 5.73 Å². The van der Waals surface area contributed by atoms with Gasteiger partial charge in [-0.05, 0) is 25.0 Å². The zero-order valence-electron chi connectivity index (χ0n) is 12.6. The van der Waals surface area contributed by atoms with Crippen LogP contribution in [-0.2, 0) is 4.79 Å². The number of halogens is 1. The number of hydrogen-bond donors (Lipinski definition) is 2. The fourth-order valence-corrected chi connectivity index (χ4v) is 2.58. The SMILES string of the molecule is Cl.NC1(C(=O)Nc2cccc(Oc3cnccn3)c2)CCCC1. The molecule has 6 nitrogen and oxygen atoms in total. The maximum atomic E-state index is 12.3. The molecule has 0 atom stereocenters. The standard InChI is InChI=1S/C16H18N4O2.ClH/c17-16(6-1-2-7-16)15(21)20-12-4-3-5-13(10-12)22-14-11-18-8-9-19-14;/h3-5,8-11H,1-2,6-7,17H2,(H,20,21);1H. The Labute approximate surface area is 140 Å². The van der Waals surface area contributed by atoms with Crippen LogP contribution in [0.4, 0.5) is 5.69 Å².